The number of hydrogen-bond donors (Lipinski definition) is 2. The van der Waals surface area contributed by atoms with Crippen molar-refractivity contribution in [2.75, 3.05) is 6.54 Å². The third-order valence-electron chi connectivity index (χ3n) is 5.15. The van der Waals surface area contributed by atoms with E-state index < -0.39 is 11.8 Å². The number of halogens is 2. The Balaban J connectivity index is 0.000000186. The van der Waals surface area contributed by atoms with Crippen molar-refractivity contribution >= 4 is 5.91 Å². The van der Waals surface area contributed by atoms with E-state index >= 15 is 0 Å². The summed E-state index contributed by atoms with van der Waals surface area (Å²) in [4.78, 5) is 13.4. The van der Waals surface area contributed by atoms with Crippen molar-refractivity contribution in [1.82, 2.24) is 15.1 Å². The van der Waals surface area contributed by atoms with Gasteiger partial charge in [-0.2, -0.15) is 5.10 Å². The molecule has 2 aliphatic rings. The molecule has 1 aromatic carbocycles. The average Bonchev–Trinajstić information content (AvgIpc) is 3.41. The summed E-state index contributed by atoms with van der Waals surface area (Å²) < 4.78 is 26.9. The summed E-state index contributed by atoms with van der Waals surface area (Å²) in [6.45, 7) is 1.94. The number of aromatic amines is 1. The number of primary amides is 1. The summed E-state index contributed by atoms with van der Waals surface area (Å²) in [5.41, 5.74) is 5.54. The van der Waals surface area contributed by atoms with Crippen molar-refractivity contribution in [2.45, 2.75) is 44.6 Å². The van der Waals surface area contributed by atoms with E-state index in [9.17, 15) is 13.6 Å². The van der Waals surface area contributed by atoms with Gasteiger partial charge in [0.1, 0.15) is 5.69 Å². The SMILES string of the molecule is C1=CCN(C2CCCC2)C=C1.CC(F)(F)c1ccccc1-c1cc(C(N)=O)[nH]n1. The number of alkyl halides is 2. The summed E-state index contributed by atoms with van der Waals surface area (Å²) in [5.74, 6) is -3.67. The van der Waals surface area contributed by atoms with E-state index in [1.54, 1.807) is 6.07 Å². The van der Waals surface area contributed by atoms with Gasteiger partial charge < -0.3 is 10.6 Å². The highest BCUT2D eigenvalue weighted by molar-refractivity contribution is 5.92. The van der Waals surface area contributed by atoms with Gasteiger partial charge in [0.25, 0.3) is 11.8 Å². The second-order valence-electron chi connectivity index (χ2n) is 7.37. The Hall–Kier alpha value is -2.96. The van der Waals surface area contributed by atoms with Crippen LogP contribution >= 0.6 is 0 Å². The second kappa shape index (κ2) is 9.03. The maximum Gasteiger partial charge on any atom is 0.271 e. The number of rotatable bonds is 4. The number of amides is 1. The number of nitrogens with one attached hydrogen (secondary N) is 1. The molecule has 0 bridgehead atoms. The molecule has 1 saturated carbocycles. The predicted octanol–water partition coefficient (Wildman–Crippen LogP) is 4.60. The molecule has 3 N–H and O–H groups in total. The van der Waals surface area contributed by atoms with Gasteiger partial charge in [0.15, 0.2) is 0 Å². The van der Waals surface area contributed by atoms with Gasteiger partial charge in [-0.1, -0.05) is 49.3 Å². The van der Waals surface area contributed by atoms with Gasteiger partial charge in [-0.3, -0.25) is 9.89 Å². The van der Waals surface area contributed by atoms with Crippen molar-refractivity contribution in [3.8, 4) is 11.3 Å². The number of carbonyl (C=O) groups is 1. The third kappa shape index (κ3) is 5.31. The fourth-order valence-corrected chi connectivity index (χ4v) is 3.66. The van der Waals surface area contributed by atoms with Gasteiger partial charge in [0.2, 0.25) is 0 Å². The van der Waals surface area contributed by atoms with Crippen molar-refractivity contribution in [1.29, 1.82) is 0 Å². The molecule has 1 fully saturated rings. The Bertz CT molecular complexity index is 892. The maximum absolute atomic E-state index is 13.4. The summed E-state index contributed by atoms with van der Waals surface area (Å²) in [6.07, 6.45) is 14.4. The predicted molar refractivity (Wildman–Crippen MR) is 109 cm³/mol. The van der Waals surface area contributed by atoms with Crippen LogP contribution in [-0.2, 0) is 5.92 Å². The lowest BCUT2D eigenvalue weighted by Gasteiger charge is -2.27. The molecule has 29 heavy (non-hydrogen) atoms. The lowest BCUT2D eigenvalue weighted by Crippen LogP contribution is -2.29. The molecule has 4 rings (SSSR count). The minimum atomic E-state index is -2.98. The summed E-state index contributed by atoms with van der Waals surface area (Å²) in [5, 5.41) is 6.24. The standard InChI is InChI=1S/C12H11F2N3O.C10H15N/c1-12(13,14)8-5-3-2-4-7(8)9-6-10(11(15)18)17-16-9;1-4-8-11(9-5-1)10-6-2-3-7-10/h2-6H,1H3,(H2,15,18)(H,16,17);1,4-5,8,10H,2-3,6-7,9H2. The fraction of sp³-hybridized carbons (Fsp3) is 0.364. The van der Waals surface area contributed by atoms with E-state index in [0.29, 0.717) is 0 Å². The van der Waals surface area contributed by atoms with E-state index in [1.807, 2.05) is 0 Å². The van der Waals surface area contributed by atoms with Gasteiger partial charge in [0.05, 0.1) is 5.69 Å². The molecule has 154 valence electrons. The number of nitrogens with two attached hydrogens (primary N) is 1. The highest BCUT2D eigenvalue weighted by Crippen LogP contribution is 2.34. The van der Waals surface area contributed by atoms with Gasteiger partial charge >= 0.3 is 0 Å². The number of nitrogens with zero attached hydrogens (tertiary/aromatic N) is 2. The van der Waals surface area contributed by atoms with Crippen LogP contribution in [-0.4, -0.2) is 33.6 Å². The van der Waals surface area contributed by atoms with Gasteiger partial charge in [0, 0.05) is 30.6 Å². The summed E-state index contributed by atoms with van der Waals surface area (Å²) >= 11 is 0. The maximum atomic E-state index is 13.4. The number of benzene rings is 1. The first-order chi connectivity index (χ1) is 13.9. The lowest BCUT2D eigenvalue weighted by atomic mass is 10.00. The Labute approximate surface area is 169 Å². The zero-order valence-electron chi connectivity index (χ0n) is 16.4. The molecule has 0 spiro atoms. The van der Waals surface area contributed by atoms with Crippen LogP contribution in [0.4, 0.5) is 8.78 Å². The summed E-state index contributed by atoms with van der Waals surface area (Å²) in [6, 6.07) is 8.20. The van der Waals surface area contributed by atoms with Crippen LogP contribution in [0.5, 0.6) is 0 Å². The first-order valence-corrected chi connectivity index (χ1v) is 9.78. The van der Waals surface area contributed by atoms with Crippen molar-refractivity contribution in [3.63, 3.8) is 0 Å². The molecule has 0 saturated heterocycles. The van der Waals surface area contributed by atoms with Crippen molar-refractivity contribution in [3.05, 3.63) is 66.0 Å². The van der Waals surface area contributed by atoms with E-state index in [-0.39, 0.29) is 22.5 Å². The Kier molecular flexibility index (Phi) is 6.46. The first-order valence-electron chi connectivity index (χ1n) is 9.78. The van der Waals surface area contributed by atoms with Crippen LogP contribution in [0.1, 0.15) is 48.7 Å². The van der Waals surface area contributed by atoms with E-state index in [4.69, 9.17) is 5.73 Å². The van der Waals surface area contributed by atoms with Gasteiger partial charge in [-0.05, 0) is 31.2 Å². The topological polar surface area (TPSA) is 75.0 Å². The molecule has 0 unspecified atom stereocenters. The van der Waals surface area contributed by atoms with Crippen LogP contribution in [0, 0.1) is 0 Å². The minimum absolute atomic E-state index is 0.0826. The van der Waals surface area contributed by atoms with E-state index in [2.05, 4.69) is 39.5 Å². The normalized spacial score (nSPS) is 16.6. The molecule has 1 amide bonds. The molecule has 2 heterocycles. The molecule has 1 aliphatic heterocycles. The monoisotopic (exact) mass is 400 g/mol. The number of carbonyl (C=O) groups excluding carboxylic acids is 1. The van der Waals surface area contributed by atoms with Crippen molar-refractivity contribution < 1.29 is 13.6 Å². The number of aromatic nitrogens is 2. The molecule has 1 aromatic heterocycles. The van der Waals surface area contributed by atoms with Crippen LogP contribution < -0.4 is 5.73 Å². The number of H-pyrrole nitrogens is 1. The third-order valence-corrected chi connectivity index (χ3v) is 5.15. The number of hydrogen-bond acceptors (Lipinski definition) is 3. The Morgan fingerprint density at radius 3 is 2.55 bits per heavy atom. The van der Waals surface area contributed by atoms with Crippen LogP contribution in [0.3, 0.4) is 0 Å². The van der Waals surface area contributed by atoms with E-state index in [0.717, 1.165) is 19.5 Å². The van der Waals surface area contributed by atoms with Gasteiger partial charge in [-0.15, -0.1) is 0 Å². The molecular weight excluding hydrogens is 374 g/mol. The van der Waals surface area contributed by atoms with Crippen LogP contribution in [0.2, 0.25) is 0 Å². The smallest absolute Gasteiger partial charge is 0.271 e. The average molecular weight is 400 g/mol. The van der Waals surface area contributed by atoms with E-state index in [1.165, 1.54) is 49.9 Å². The van der Waals surface area contributed by atoms with Crippen LogP contribution in [0.15, 0.2) is 54.8 Å². The quantitative estimate of drug-likeness (QED) is 0.787. The molecule has 0 atom stereocenters. The second-order valence-corrected chi connectivity index (χ2v) is 7.37. The van der Waals surface area contributed by atoms with Crippen molar-refractivity contribution in [2.24, 2.45) is 5.73 Å². The lowest BCUT2D eigenvalue weighted by molar-refractivity contribution is 0.0180. The number of allylic oxidation sites excluding steroid dienone is 2. The minimum Gasteiger partial charge on any atom is -0.371 e. The zero-order valence-corrected chi connectivity index (χ0v) is 16.4. The molecule has 0 radical (unpaired) electrons. The van der Waals surface area contributed by atoms with Crippen LogP contribution in [0.25, 0.3) is 11.3 Å². The van der Waals surface area contributed by atoms with Gasteiger partial charge in [-0.25, -0.2) is 8.78 Å². The largest absolute Gasteiger partial charge is 0.371 e. The molecule has 1 aliphatic carbocycles. The Morgan fingerprint density at radius 1 is 1.24 bits per heavy atom. The summed E-state index contributed by atoms with van der Waals surface area (Å²) in [7, 11) is 0. The highest BCUT2D eigenvalue weighted by atomic mass is 19.3. The molecule has 7 heteroatoms. The molecular formula is C22H26F2N4O. The first kappa shape index (κ1) is 20.8. The Morgan fingerprint density at radius 2 is 1.97 bits per heavy atom. The molecule has 5 nitrogen and oxygen atoms in total. The highest BCUT2D eigenvalue weighted by Gasteiger charge is 2.28. The zero-order chi connectivity index (χ0) is 20.9. The fourth-order valence-electron chi connectivity index (χ4n) is 3.66. The molecule has 2 aromatic rings.